The zero-order chi connectivity index (χ0) is 55.8. The number of fused-ring (bicyclic) bond motifs is 3. The molecule has 4 aliphatic rings. The Kier molecular flexibility index (Phi) is 15.6. The molecule has 5 heterocycles. The highest BCUT2D eigenvalue weighted by atomic mass is 32.1. The first kappa shape index (κ1) is 55.1. The van der Waals surface area contributed by atoms with Crippen LogP contribution in [0.25, 0.3) is 10.1 Å². The number of benzene rings is 4. The Morgan fingerprint density at radius 3 is 2.40 bits per heavy atom. The number of alkyl halides is 2. The maximum atomic E-state index is 15.2. The van der Waals surface area contributed by atoms with Crippen LogP contribution in [-0.2, 0) is 47.2 Å². The topological polar surface area (TPSA) is 249 Å². The second kappa shape index (κ2) is 22.0. The molecule has 0 aliphatic carbocycles. The number of likely N-dealkylation sites (tertiary alicyclic amines) is 1. The molecule has 5 N–H and O–H groups in total. The number of carbonyl (C=O) groups is 8. The van der Waals surface area contributed by atoms with Crippen molar-refractivity contribution in [3.05, 3.63) is 135 Å². The van der Waals surface area contributed by atoms with Crippen LogP contribution in [0.4, 0.5) is 8.78 Å². The van der Waals surface area contributed by atoms with Gasteiger partial charge in [-0.05, 0) is 95.3 Å². The average molecular weight is 1110 g/mol. The molecule has 0 radical (unpaired) electrons. The lowest BCUT2D eigenvalue weighted by Crippen LogP contribution is -2.61. The molecule has 22 heteroatoms. The maximum Gasteiger partial charge on any atom is 0.399 e. The summed E-state index contributed by atoms with van der Waals surface area (Å²) in [5.41, 5.74) is -3.14. The summed E-state index contributed by atoms with van der Waals surface area (Å²) in [6.07, 6.45) is 2.01. The maximum absolute atomic E-state index is 15.2. The predicted molar refractivity (Wildman–Crippen MR) is 281 cm³/mol. The fourth-order valence-electron chi connectivity index (χ4n) is 10.2. The third kappa shape index (κ3) is 11.5. The number of ether oxygens (including phenoxy) is 1. The van der Waals surface area contributed by atoms with Crippen LogP contribution in [0, 0.1) is 17.3 Å². The molecule has 8 amide bonds. The standard InChI is InChI=1S/C56H55F2N6O12PS/c1-55(2,3)48(61-50(68)45-28-36-25-38(16-20-44(36)78-45)56(57,58)77(73,74)75)54(72)63-30-37-26-39(17-15-34(37)27-43(63)53(71)62-23-9-13-35(29-62)33-11-5-4-6-12-33)76-31-47(66)59-22-8-7-10-32-14-18-40-41(24-32)52(70)64(51(40)69)42-19-21-46(65)60-49(42)67/h4-6,11-12,14-18,20,24-26,28,35,42-43,48H,8-9,13,19,21-23,27,29-31H2,1-3H3,(H,59,66)(H,61,68)(H,60,65,67)(H2,73,74,75)/t35?,42?,43-,48+/m0/s1. The highest BCUT2D eigenvalue weighted by Crippen LogP contribution is 2.59. The number of halogens is 2. The van der Waals surface area contributed by atoms with E-state index in [2.05, 4.69) is 27.8 Å². The summed E-state index contributed by atoms with van der Waals surface area (Å²) in [6.45, 7) is 5.91. The smallest absolute Gasteiger partial charge is 0.399 e. The highest BCUT2D eigenvalue weighted by Gasteiger charge is 2.51. The zero-order valence-corrected chi connectivity index (χ0v) is 44.4. The number of hydrogen-bond donors (Lipinski definition) is 5. The molecule has 2 unspecified atom stereocenters. The van der Waals surface area contributed by atoms with Crippen LogP contribution in [0.15, 0.2) is 91.0 Å². The van der Waals surface area contributed by atoms with E-state index in [1.165, 1.54) is 29.2 Å². The molecule has 78 heavy (non-hydrogen) atoms. The minimum Gasteiger partial charge on any atom is -0.484 e. The van der Waals surface area contributed by atoms with E-state index in [1.54, 1.807) is 49.9 Å². The Bertz CT molecular complexity index is 3400. The molecule has 5 aromatic rings. The average Bonchev–Trinajstić information content (AvgIpc) is 3.95. The van der Waals surface area contributed by atoms with Crippen LogP contribution in [0.5, 0.6) is 5.75 Å². The van der Waals surface area contributed by atoms with Crippen molar-refractivity contribution < 1.29 is 66.2 Å². The third-order valence-corrected chi connectivity index (χ3v) is 16.4. The van der Waals surface area contributed by atoms with E-state index < -0.39 is 83.7 Å². The molecule has 0 bridgehead atoms. The molecule has 0 spiro atoms. The number of hydrogen-bond acceptors (Lipinski definition) is 11. The predicted octanol–water partition coefficient (Wildman–Crippen LogP) is 5.97. The largest absolute Gasteiger partial charge is 0.484 e. The van der Waals surface area contributed by atoms with Gasteiger partial charge in [-0.25, -0.2) is 0 Å². The Morgan fingerprint density at radius 1 is 0.910 bits per heavy atom. The van der Waals surface area contributed by atoms with Gasteiger partial charge in [0.1, 0.15) is 23.9 Å². The summed E-state index contributed by atoms with van der Waals surface area (Å²) in [5, 5.41) is 7.91. The van der Waals surface area contributed by atoms with E-state index in [-0.39, 0.29) is 78.6 Å². The van der Waals surface area contributed by atoms with Crippen LogP contribution >= 0.6 is 18.9 Å². The number of nitrogens with one attached hydrogen (secondary N) is 3. The fraction of sp³-hybridized carbons (Fsp3) is 0.357. The van der Waals surface area contributed by atoms with Crippen molar-refractivity contribution >= 4 is 76.3 Å². The first-order valence-electron chi connectivity index (χ1n) is 25.3. The fourth-order valence-corrected chi connectivity index (χ4v) is 11.6. The lowest BCUT2D eigenvalue weighted by atomic mass is 9.83. The number of rotatable bonds is 13. The zero-order valence-electron chi connectivity index (χ0n) is 42.7. The number of carbonyl (C=O) groups excluding carboxylic acids is 8. The van der Waals surface area contributed by atoms with E-state index in [9.17, 15) is 56.7 Å². The van der Waals surface area contributed by atoms with Gasteiger partial charge in [0.15, 0.2) is 6.61 Å². The van der Waals surface area contributed by atoms with Gasteiger partial charge in [0.2, 0.25) is 23.6 Å². The quantitative estimate of drug-likeness (QED) is 0.0396. The van der Waals surface area contributed by atoms with Gasteiger partial charge in [-0.15, -0.1) is 11.3 Å². The number of imide groups is 2. The van der Waals surface area contributed by atoms with Gasteiger partial charge in [-0.1, -0.05) is 75.1 Å². The van der Waals surface area contributed by atoms with Crippen molar-refractivity contribution in [2.24, 2.45) is 5.41 Å². The Balaban J connectivity index is 0.873. The van der Waals surface area contributed by atoms with Crippen molar-refractivity contribution in [2.75, 3.05) is 26.2 Å². The van der Waals surface area contributed by atoms with E-state index in [4.69, 9.17) is 4.74 Å². The van der Waals surface area contributed by atoms with Crippen LogP contribution in [0.2, 0.25) is 0 Å². The normalized spacial score (nSPS) is 19.1. The first-order chi connectivity index (χ1) is 37.0. The molecule has 4 atom stereocenters. The van der Waals surface area contributed by atoms with Gasteiger partial charge in [-0.2, -0.15) is 8.78 Å². The number of thiophene rings is 1. The van der Waals surface area contributed by atoms with E-state index in [1.807, 2.05) is 30.3 Å². The summed E-state index contributed by atoms with van der Waals surface area (Å²) in [5.74, 6) is 1.84. The van der Waals surface area contributed by atoms with Crippen LogP contribution in [-0.4, -0.2) is 116 Å². The number of nitrogens with zero attached hydrogens (tertiary/aromatic N) is 3. The molecule has 406 valence electrons. The molecule has 18 nitrogen and oxygen atoms in total. The molecular formula is C56H55F2N6O12PS. The van der Waals surface area contributed by atoms with Gasteiger partial charge < -0.3 is 35.0 Å². The SMILES string of the molecule is CC(C)(C)[C@H](NC(=O)c1cc2cc(C(F)(F)P(=O)(O)O)ccc2s1)C(=O)N1Cc2cc(OCC(=O)NCCC#Cc3ccc4c(c3)C(=O)N(C3CCC(=O)NC3=O)C4=O)ccc2C[C@H]1C(=O)N1CCCC(c2ccccc2)C1. The second-order valence-electron chi connectivity index (χ2n) is 20.8. The lowest BCUT2D eigenvalue weighted by molar-refractivity contribution is -0.150. The van der Waals surface area contributed by atoms with Gasteiger partial charge in [0, 0.05) is 67.2 Å². The van der Waals surface area contributed by atoms with E-state index in [0.717, 1.165) is 52.3 Å². The molecule has 2 fully saturated rings. The summed E-state index contributed by atoms with van der Waals surface area (Å²) in [7, 11) is -5.87. The molecule has 1 aromatic heterocycles. The molecular weight excluding hydrogens is 1050 g/mol. The summed E-state index contributed by atoms with van der Waals surface area (Å²) >= 11 is 0.946. The van der Waals surface area contributed by atoms with Gasteiger partial charge in [-0.3, -0.25) is 53.1 Å². The Labute approximate surface area is 451 Å². The van der Waals surface area contributed by atoms with E-state index in [0.29, 0.717) is 34.7 Å². The molecule has 9 rings (SSSR count). The van der Waals surface area contributed by atoms with Gasteiger partial charge in [0.25, 0.3) is 23.6 Å². The lowest BCUT2D eigenvalue weighted by Gasteiger charge is -2.43. The van der Waals surface area contributed by atoms with Crippen molar-refractivity contribution in [1.29, 1.82) is 0 Å². The van der Waals surface area contributed by atoms with Crippen molar-refractivity contribution in [1.82, 2.24) is 30.7 Å². The molecule has 4 aliphatic heterocycles. The second-order valence-corrected chi connectivity index (χ2v) is 23.5. The van der Waals surface area contributed by atoms with Crippen LogP contribution in [0.1, 0.15) is 117 Å². The van der Waals surface area contributed by atoms with Crippen molar-refractivity contribution in [2.45, 2.75) is 95.5 Å². The summed E-state index contributed by atoms with van der Waals surface area (Å²) < 4.78 is 47.2. The summed E-state index contributed by atoms with van der Waals surface area (Å²) in [6, 6.07) is 20.7. The monoisotopic (exact) mass is 1100 g/mol. The Morgan fingerprint density at radius 2 is 1.67 bits per heavy atom. The van der Waals surface area contributed by atoms with Gasteiger partial charge in [0.05, 0.1) is 16.0 Å². The van der Waals surface area contributed by atoms with Crippen LogP contribution < -0.4 is 20.7 Å². The van der Waals surface area contributed by atoms with Crippen LogP contribution in [0.3, 0.4) is 0 Å². The Hall–Kier alpha value is -7.63. The highest BCUT2D eigenvalue weighted by molar-refractivity contribution is 7.52. The number of piperidine rings is 2. The first-order valence-corrected chi connectivity index (χ1v) is 27.7. The summed E-state index contributed by atoms with van der Waals surface area (Å²) in [4.78, 5) is 130. The minimum atomic E-state index is -5.87. The van der Waals surface area contributed by atoms with Crippen molar-refractivity contribution in [3.8, 4) is 17.6 Å². The van der Waals surface area contributed by atoms with Gasteiger partial charge >= 0.3 is 13.3 Å². The van der Waals surface area contributed by atoms with Crippen molar-refractivity contribution in [3.63, 3.8) is 0 Å². The molecule has 4 aromatic carbocycles. The minimum absolute atomic E-state index is 0.000822. The van der Waals surface area contributed by atoms with E-state index >= 15 is 4.79 Å². The number of amides is 8. The molecule has 0 saturated carbocycles. The molecule has 2 saturated heterocycles. The third-order valence-electron chi connectivity index (χ3n) is 14.3.